The molecule has 0 aliphatic carbocycles. The van der Waals surface area contributed by atoms with Crippen molar-refractivity contribution < 1.29 is 9.13 Å². The van der Waals surface area contributed by atoms with Crippen molar-refractivity contribution in [1.29, 1.82) is 0 Å². The standard InChI is InChI=1S/C13H17ClFNO/c1-13(2)8-10(5-6-17-13)16-12-4-3-9(15)7-11(12)14/h3-4,7,10,16H,5-6,8H2,1-2H3. The minimum atomic E-state index is -0.312. The van der Waals surface area contributed by atoms with E-state index in [9.17, 15) is 4.39 Å². The van der Waals surface area contributed by atoms with E-state index in [2.05, 4.69) is 19.2 Å². The molecule has 1 aromatic carbocycles. The zero-order valence-corrected chi connectivity index (χ0v) is 10.9. The first kappa shape index (κ1) is 12.7. The summed E-state index contributed by atoms with van der Waals surface area (Å²) >= 11 is 5.99. The number of hydrogen-bond donors (Lipinski definition) is 1. The molecule has 0 spiro atoms. The van der Waals surface area contributed by atoms with Crippen molar-refractivity contribution in [3.63, 3.8) is 0 Å². The Hall–Kier alpha value is -0.800. The van der Waals surface area contributed by atoms with Crippen molar-refractivity contribution >= 4 is 17.3 Å². The Morgan fingerprint density at radius 2 is 2.24 bits per heavy atom. The number of benzene rings is 1. The van der Waals surface area contributed by atoms with Crippen LogP contribution >= 0.6 is 11.6 Å². The molecule has 4 heteroatoms. The lowest BCUT2D eigenvalue weighted by Gasteiger charge is -2.36. The summed E-state index contributed by atoms with van der Waals surface area (Å²) in [7, 11) is 0. The number of anilines is 1. The van der Waals surface area contributed by atoms with Crippen molar-refractivity contribution in [1.82, 2.24) is 0 Å². The number of rotatable bonds is 2. The number of hydrogen-bond acceptors (Lipinski definition) is 2. The molecule has 0 saturated carbocycles. The molecule has 17 heavy (non-hydrogen) atoms. The molecule has 0 radical (unpaired) electrons. The first-order chi connectivity index (χ1) is 7.96. The van der Waals surface area contributed by atoms with Gasteiger partial charge in [-0.1, -0.05) is 11.6 Å². The van der Waals surface area contributed by atoms with Crippen LogP contribution in [0.2, 0.25) is 5.02 Å². The minimum absolute atomic E-state index is 0.109. The molecule has 0 amide bonds. The first-order valence-electron chi connectivity index (χ1n) is 5.82. The van der Waals surface area contributed by atoms with Crippen LogP contribution < -0.4 is 5.32 Å². The molecule has 1 fully saturated rings. The SMILES string of the molecule is CC1(C)CC(Nc2ccc(F)cc2Cl)CCO1. The van der Waals surface area contributed by atoms with Crippen LogP contribution in [0.25, 0.3) is 0 Å². The summed E-state index contributed by atoms with van der Waals surface area (Å²) in [6.07, 6.45) is 1.86. The van der Waals surface area contributed by atoms with E-state index in [1.807, 2.05) is 0 Å². The van der Waals surface area contributed by atoms with Crippen molar-refractivity contribution in [2.45, 2.75) is 38.3 Å². The van der Waals surface area contributed by atoms with Gasteiger partial charge in [0.25, 0.3) is 0 Å². The normalized spacial score (nSPS) is 23.4. The minimum Gasteiger partial charge on any atom is -0.381 e. The average molecular weight is 258 g/mol. The fraction of sp³-hybridized carbons (Fsp3) is 0.538. The number of ether oxygens (including phenoxy) is 1. The monoisotopic (exact) mass is 257 g/mol. The van der Waals surface area contributed by atoms with Gasteiger partial charge in [-0.05, 0) is 44.9 Å². The molecule has 1 heterocycles. The Kier molecular flexibility index (Phi) is 3.59. The molecule has 1 atom stereocenters. The van der Waals surface area contributed by atoms with Gasteiger partial charge in [0.2, 0.25) is 0 Å². The van der Waals surface area contributed by atoms with E-state index in [0.717, 1.165) is 25.1 Å². The lowest BCUT2D eigenvalue weighted by atomic mass is 9.94. The Bertz CT molecular complexity index is 408. The summed E-state index contributed by atoms with van der Waals surface area (Å²) < 4.78 is 18.6. The van der Waals surface area contributed by atoms with Gasteiger partial charge in [0.1, 0.15) is 5.82 Å². The molecule has 1 aliphatic heterocycles. The van der Waals surface area contributed by atoms with Gasteiger partial charge >= 0.3 is 0 Å². The fourth-order valence-electron chi connectivity index (χ4n) is 2.18. The van der Waals surface area contributed by atoms with Crippen molar-refractivity contribution in [3.8, 4) is 0 Å². The molecular weight excluding hydrogens is 241 g/mol. The van der Waals surface area contributed by atoms with E-state index in [-0.39, 0.29) is 11.4 Å². The molecule has 0 bridgehead atoms. The topological polar surface area (TPSA) is 21.3 Å². The predicted molar refractivity (Wildman–Crippen MR) is 68.1 cm³/mol. The van der Waals surface area contributed by atoms with E-state index in [0.29, 0.717) is 11.1 Å². The third-order valence-corrected chi connectivity index (χ3v) is 3.30. The van der Waals surface area contributed by atoms with Crippen LogP contribution in [0.5, 0.6) is 0 Å². The first-order valence-corrected chi connectivity index (χ1v) is 6.20. The van der Waals surface area contributed by atoms with Crippen LogP contribution in [-0.2, 0) is 4.74 Å². The summed E-state index contributed by atoms with van der Waals surface area (Å²) in [4.78, 5) is 0. The van der Waals surface area contributed by atoms with E-state index in [1.165, 1.54) is 12.1 Å². The summed E-state index contributed by atoms with van der Waals surface area (Å²) in [6, 6.07) is 4.74. The average Bonchev–Trinajstić information content (AvgIpc) is 2.21. The Labute approximate surface area is 106 Å². The molecule has 1 N–H and O–H groups in total. The molecule has 1 saturated heterocycles. The summed E-state index contributed by atoms with van der Waals surface area (Å²) in [6.45, 7) is 4.89. The predicted octanol–water partition coefficient (Wildman–Crippen LogP) is 3.85. The summed E-state index contributed by atoms with van der Waals surface area (Å²) in [5.74, 6) is -0.312. The van der Waals surface area contributed by atoms with E-state index < -0.39 is 0 Å². The number of halogens is 2. The second kappa shape index (κ2) is 4.83. The number of nitrogens with one attached hydrogen (secondary N) is 1. The Morgan fingerprint density at radius 1 is 1.47 bits per heavy atom. The van der Waals surface area contributed by atoms with Gasteiger partial charge in [-0.3, -0.25) is 0 Å². The maximum absolute atomic E-state index is 12.9. The van der Waals surface area contributed by atoms with E-state index in [1.54, 1.807) is 6.07 Å². The molecule has 1 aromatic rings. The van der Waals surface area contributed by atoms with Gasteiger partial charge in [0.15, 0.2) is 0 Å². The quantitative estimate of drug-likeness (QED) is 0.869. The van der Waals surface area contributed by atoms with Crippen LogP contribution in [0.15, 0.2) is 18.2 Å². The van der Waals surface area contributed by atoms with Gasteiger partial charge in [0.05, 0.1) is 16.3 Å². The van der Waals surface area contributed by atoms with Crippen LogP contribution in [0.1, 0.15) is 26.7 Å². The largest absolute Gasteiger partial charge is 0.381 e. The highest BCUT2D eigenvalue weighted by Crippen LogP contribution is 2.29. The lowest BCUT2D eigenvalue weighted by Crippen LogP contribution is -2.40. The molecule has 2 rings (SSSR count). The van der Waals surface area contributed by atoms with Crippen LogP contribution in [0.3, 0.4) is 0 Å². The zero-order valence-electron chi connectivity index (χ0n) is 10.1. The molecule has 1 unspecified atom stereocenters. The highest BCUT2D eigenvalue weighted by Gasteiger charge is 2.28. The van der Waals surface area contributed by atoms with Gasteiger partial charge in [-0.15, -0.1) is 0 Å². The molecule has 2 nitrogen and oxygen atoms in total. The maximum Gasteiger partial charge on any atom is 0.124 e. The van der Waals surface area contributed by atoms with Crippen molar-refractivity contribution in [2.75, 3.05) is 11.9 Å². The summed E-state index contributed by atoms with van der Waals surface area (Å²) in [5.41, 5.74) is 0.679. The van der Waals surface area contributed by atoms with Gasteiger partial charge in [-0.2, -0.15) is 0 Å². The smallest absolute Gasteiger partial charge is 0.124 e. The third-order valence-electron chi connectivity index (χ3n) is 2.99. The molecule has 94 valence electrons. The van der Waals surface area contributed by atoms with Crippen molar-refractivity contribution in [2.24, 2.45) is 0 Å². The molecule has 1 aliphatic rings. The van der Waals surface area contributed by atoms with Crippen LogP contribution in [0, 0.1) is 5.82 Å². The second-order valence-corrected chi connectivity index (χ2v) is 5.47. The Balaban J connectivity index is 2.05. The second-order valence-electron chi connectivity index (χ2n) is 5.07. The molecule has 0 aromatic heterocycles. The highest BCUT2D eigenvalue weighted by molar-refractivity contribution is 6.33. The Morgan fingerprint density at radius 3 is 2.88 bits per heavy atom. The zero-order chi connectivity index (χ0) is 12.5. The molecular formula is C13H17ClFNO. The van der Waals surface area contributed by atoms with Gasteiger partial charge < -0.3 is 10.1 Å². The van der Waals surface area contributed by atoms with Crippen LogP contribution in [-0.4, -0.2) is 18.2 Å². The lowest BCUT2D eigenvalue weighted by molar-refractivity contribution is -0.0553. The summed E-state index contributed by atoms with van der Waals surface area (Å²) in [5, 5.41) is 3.78. The van der Waals surface area contributed by atoms with Crippen molar-refractivity contribution in [3.05, 3.63) is 29.0 Å². The van der Waals surface area contributed by atoms with Gasteiger partial charge in [0, 0.05) is 12.6 Å². The fourth-order valence-corrected chi connectivity index (χ4v) is 2.40. The third kappa shape index (κ3) is 3.33. The van der Waals surface area contributed by atoms with Crippen LogP contribution in [0.4, 0.5) is 10.1 Å². The van der Waals surface area contributed by atoms with E-state index in [4.69, 9.17) is 16.3 Å². The highest BCUT2D eigenvalue weighted by atomic mass is 35.5. The van der Waals surface area contributed by atoms with Gasteiger partial charge in [-0.25, -0.2) is 4.39 Å². The maximum atomic E-state index is 12.9. The van der Waals surface area contributed by atoms with E-state index >= 15 is 0 Å².